The van der Waals surface area contributed by atoms with Gasteiger partial charge in [-0.15, -0.1) is 0 Å². The highest BCUT2D eigenvalue weighted by Crippen LogP contribution is 2.35. The third-order valence-corrected chi connectivity index (χ3v) is 3.88. The average Bonchev–Trinajstić information content (AvgIpc) is 2.53. The van der Waals surface area contributed by atoms with Crippen molar-refractivity contribution in [1.29, 1.82) is 0 Å². The maximum Gasteiger partial charge on any atom is 0.139 e. The van der Waals surface area contributed by atoms with Crippen molar-refractivity contribution in [2.75, 3.05) is 0 Å². The van der Waals surface area contributed by atoms with E-state index in [0.29, 0.717) is 5.92 Å². The van der Waals surface area contributed by atoms with Gasteiger partial charge in [0.25, 0.3) is 0 Å². The molecule has 0 amide bonds. The Morgan fingerprint density at radius 3 is 2.46 bits per heavy atom. The van der Waals surface area contributed by atoms with Crippen LogP contribution in [0.2, 0.25) is 0 Å². The summed E-state index contributed by atoms with van der Waals surface area (Å²) in [6, 6.07) is 0. The topological polar surface area (TPSA) is 25.8 Å². The minimum atomic E-state index is 0.711. The summed E-state index contributed by atoms with van der Waals surface area (Å²) in [7, 11) is 0. The highest BCUT2D eigenvalue weighted by atomic mass is 32.1. The maximum atomic E-state index is 4.47. The van der Waals surface area contributed by atoms with Crippen LogP contribution in [0.25, 0.3) is 0 Å². The molecule has 0 aromatic carbocycles. The summed E-state index contributed by atoms with van der Waals surface area (Å²) in [6.07, 6.45) is 5.36. The molecular formula is C10H16N2S. The molecule has 0 unspecified atom stereocenters. The smallest absolute Gasteiger partial charge is 0.139 e. The molecule has 1 saturated carbocycles. The van der Waals surface area contributed by atoms with E-state index in [1.807, 2.05) is 6.92 Å². The second-order valence-electron chi connectivity index (χ2n) is 4.14. The molecule has 1 heterocycles. The van der Waals surface area contributed by atoms with Gasteiger partial charge in [-0.3, -0.25) is 0 Å². The van der Waals surface area contributed by atoms with Crippen molar-refractivity contribution >= 4 is 11.5 Å². The van der Waals surface area contributed by atoms with Gasteiger partial charge in [0.1, 0.15) is 10.8 Å². The Kier molecular flexibility index (Phi) is 2.63. The van der Waals surface area contributed by atoms with Crippen molar-refractivity contribution in [3.63, 3.8) is 0 Å². The molecule has 0 spiro atoms. The van der Waals surface area contributed by atoms with Crippen molar-refractivity contribution in [2.24, 2.45) is 5.92 Å². The second kappa shape index (κ2) is 3.74. The summed E-state index contributed by atoms with van der Waals surface area (Å²) in [5.41, 5.74) is 0. The Labute approximate surface area is 83.6 Å². The first kappa shape index (κ1) is 9.13. The summed E-state index contributed by atoms with van der Waals surface area (Å²) < 4.78 is 4.24. The van der Waals surface area contributed by atoms with Crippen LogP contribution >= 0.6 is 11.5 Å². The van der Waals surface area contributed by atoms with Gasteiger partial charge in [0.2, 0.25) is 0 Å². The van der Waals surface area contributed by atoms with Gasteiger partial charge in [-0.25, -0.2) is 4.98 Å². The number of hydrogen-bond donors (Lipinski definition) is 0. The lowest BCUT2D eigenvalue weighted by molar-refractivity contribution is 0.347. The molecule has 0 bridgehead atoms. The van der Waals surface area contributed by atoms with E-state index in [9.17, 15) is 0 Å². The van der Waals surface area contributed by atoms with Crippen LogP contribution in [0.15, 0.2) is 0 Å². The highest BCUT2D eigenvalue weighted by molar-refractivity contribution is 7.05. The quantitative estimate of drug-likeness (QED) is 0.689. The first-order valence-corrected chi connectivity index (χ1v) is 5.83. The van der Waals surface area contributed by atoms with Crippen LogP contribution in [-0.4, -0.2) is 9.36 Å². The van der Waals surface area contributed by atoms with Crippen LogP contribution < -0.4 is 0 Å². The van der Waals surface area contributed by atoms with E-state index in [4.69, 9.17) is 0 Å². The van der Waals surface area contributed by atoms with Gasteiger partial charge in [-0.05, 0) is 37.2 Å². The minimum absolute atomic E-state index is 0.711. The lowest BCUT2D eigenvalue weighted by atomic mass is 9.83. The molecule has 1 aliphatic carbocycles. The third-order valence-electron chi connectivity index (χ3n) is 2.91. The molecule has 2 rings (SSSR count). The Morgan fingerprint density at radius 2 is 1.92 bits per heavy atom. The molecule has 1 aromatic rings. The molecule has 13 heavy (non-hydrogen) atoms. The molecule has 72 valence electrons. The average molecular weight is 196 g/mol. The molecule has 3 heteroatoms. The first-order valence-electron chi connectivity index (χ1n) is 5.06. The molecule has 1 aromatic heterocycles. The minimum Gasteiger partial charge on any atom is -0.225 e. The van der Waals surface area contributed by atoms with E-state index in [2.05, 4.69) is 16.3 Å². The van der Waals surface area contributed by atoms with E-state index in [-0.39, 0.29) is 0 Å². The Morgan fingerprint density at radius 1 is 1.23 bits per heavy atom. The fraction of sp³-hybridized carbons (Fsp3) is 0.800. The van der Waals surface area contributed by atoms with E-state index >= 15 is 0 Å². The fourth-order valence-electron chi connectivity index (χ4n) is 1.99. The van der Waals surface area contributed by atoms with Crippen molar-refractivity contribution in [1.82, 2.24) is 9.36 Å². The monoisotopic (exact) mass is 196 g/mol. The van der Waals surface area contributed by atoms with Gasteiger partial charge < -0.3 is 0 Å². The summed E-state index contributed by atoms with van der Waals surface area (Å²) in [6.45, 7) is 4.33. The van der Waals surface area contributed by atoms with E-state index < -0.39 is 0 Å². The Balaban J connectivity index is 2.02. The van der Waals surface area contributed by atoms with E-state index in [1.165, 1.54) is 30.7 Å². The molecule has 2 nitrogen and oxygen atoms in total. The van der Waals surface area contributed by atoms with E-state index in [1.54, 1.807) is 11.5 Å². The van der Waals surface area contributed by atoms with Crippen LogP contribution in [0.1, 0.15) is 49.4 Å². The number of aromatic nitrogens is 2. The molecule has 0 N–H and O–H groups in total. The molecule has 0 aliphatic heterocycles. The fourth-order valence-corrected chi connectivity index (χ4v) is 2.81. The Bertz CT molecular complexity index is 274. The first-order chi connectivity index (χ1) is 6.25. The van der Waals surface area contributed by atoms with Gasteiger partial charge in [-0.2, -0.15) is 4.37 Å². The lowest BCUT2D eigenvalue weighted by Crippen LogP contribution is -2.10. The van der Waals surface area contributed by atoms with Gasteiger partial charge in [-0.1, -0.05) is 19.8 Å². The van der Waals surface area contributed by atoms with Gasteiger partial charge in [0, 0.05) is 5.92 Å². The second-order valence-corrected chi connectivity index (χ2v) is 4.92. The van der Waals surface area contributed by atoms with Gasteiger partial charge in [0.05, 0.1) is 0 Å². The predicted molar refractivity (Wildman–Crippen MR) is 55.0 cm³/mol. The molecule has 0 atom stereocenters. The molecule has 1 aliphatic rings. The third kappa shape index (κ3) is 2.08. The molecule has 0 saturated heterocycles. The summed E-state index contributed by atoms with van der Waals surface area (Å²) >= 11 is 1.60. The standard InChI is InChI=1S/C10H16N2S/c1-7-3-5-9(6-4-7)10-11-8(2)12-13-10/h7,9H,3-6H2,1-2H3. The predicted octanol–water partition coefficient (Wildman–Crippen LogP) is 3.14. The zero-order valence-electron chi connectivity index (χ0n) is 8.29. The van der Waals surface area contributed by atoms with Crippen LogP contribution in [0.4, 0.5) is 0 Å². The maximum absolute atomic E-state index is 4.47. The van der Waals surface area contributed by atoms with Crippen molar-refractivity contribution in [3.8, 4) is 0 Å². The van der Waals surface area contributed by atoms with Gasteiger partial charge in [0.15, 0.2) is 0 Å². The zero-order chi connectivity index (χ0) is 9.26. The van der Waals surface area contributed by atoms with Crippen LogP contribution in [0.5, 0.6) is 0 Å². The molecule has 1 fully saturated rings. The van der Waals surface area contributed by atoms with E-state index in [0.717, 1.165) is 11.7 Å². The number of nitrogens with zero attached hydrogens (tertiary/aromatic N) is 2. The normalized spacial score (nSPS) is 29.1. The lowest BCUT2D eigenvalue weighted by Gasteiger charge is -2.23. The largest absolute Gasteiger partial charge is 0.225 e. The van der Waals surface area contributed by atoms with Crippen molar-refractivity contribution < 1.29 is 0 Å². The highest BCUT2D eigenvalue weighted by Gasteiger charge is 2.22. The van der Waals surface area contributed by atoms with Crippen molar-refractivity contribution in [3.05, 3.63) is 10.8 Å². The SMILES string of the molecule is Cc1nsc(C2CCC(C)CC2)n1. The summed E-state index contributed by atoms with van der Waals surface area (Å²) in [5.74, 6) is 2.58. The van der Waals surface area contributed by atoms with Crippen LogP contribution in [0, 0.1) is 12.8 Å². The van der Waals surface area contributed by atoms with Crippen LogP contribution in [0.3, 0.4) is 0 Å². The van der Waals surface area contributed by atoms with Crippen LogP contribution in [-0.2, 0) is 0 Å². The molecular weight excluding hydrogens is 180 g/mol. The number of rotatable bonds is 1. The number of hydrogen-bond acceptors (Lipinski definition) is 3. The van der Waals surface area contributed by atoms with Gasteiger partial charge >= 0.3 is 0 Å². The zero-order valence-corrected chi connectivity index (χ0v) is 9.10. The summed E-state index contributed by atoms with van der Waals surface area (Å²) in [5, 5.41) is 1.27. The number of aryl methyl sites for hydroxylation is 1. The molecule has 0 radical (unpaired) electrons. The summed E-state index contributed by atoms with van der Waals surface area (Å²) in [4.78, 5) is 4.47. The van der Waals surface area contributed by atoms with Crippen molar-refractivity contribution in [2.45, 2.75) is 45.4 Å². The Hall–Kier alpha value is -0.440.